The quantitative estimate of drug-likeness (QED) is 0.910. The van der Waals surface area contributed by atoms with Crippen molar-refractivity contribution in [3.63, 3.8) is 0 Å². The van der Waals surface area contributed by atoms with Crippen LogP contribution in [0.1, 0.15) is 29.6 Å². The lowest BCUT2D eigenvalue weighted by molar-refractivity contribution is -0.128. The maximum absolute atomic E-state index is 12.4. The number of rotatable bonds is 3. The molecule has 1 amide bonds. The van der Waals surface area contributed by atoms with Crippen molar-refractivity contribution in [1.82, 2.24) is 25.0 Å². The summed E-state index contributed by atoms with van der Waals surface area (Å²) in [6.07, 6.45) is 1.44. The van der Waals surface area contributed by atoms with Gasteiger partial charge in [-0.3, -0.25) is 4.79 Å². The number of fused-ring (bicyclic) bond motifs is 1. The molecule has 3 heterocycles. The van der Waals surface area contributed by atoms with Gasteiger partial charge in [-0.05, 0) is 5.56 Å². The molecule has 1 aromatic heterocycles. The Labute approximate surface area is 147 Å². The molecule has 0 bridgehead atoms. The Kier molecular flexibility index (Phi) is 5.16. The van der Waals surface area contributed by atoms with Gasteiger partial charge in [-0.15, -0.1) is 22.6 Å². The summed E-state index contributed by atoms with van der Waals surface area (Å²) in [5.74, 6) is 2.39. The molecule has 6 nitrogen and oxygen atoms in total. The molecule has 0 radical (unpaired) electrons. The number of aromatic nitrogens is 3. The average molecular weight is 348 g/mol. The zero-order valence-electron chi connectivity index (χ0n) is 13.5. The van der Waals surface area contributed by atoms with Crippen LogP contribution >= 0.6 is 12.4 Å². The van der Waals surface area contributed by atoms with Gasteiger partial charge in [-0.25, -0.2) is 0 Å². The van der Waals surface area contributed by atoms with Gasteiger partial charge in [0.25, 0.3) is 0 Å². The van der Waals surface area contributed by atoms with E-state index < -0.39 is 0 Å². The number of likely N-dealkylation sites (tertiary alicyclic amines) is 1. The van der Waals surface area contributed by atoms with Gasteiger partial charge in [0, 0.05) is 51.5 Å². The van der Waals surface area contributed by atoms with E-state index in [0.717, 1.165) is 44.2 Å². The van der Waals surface area contributed by atoms with E-state index in [-0.39, 0.29) is 24.2 Å². The number of hydrogen-bond acceptors (Lipinski definition) is 4. The molecule has 4 rings (SSSR count). The van der Waals surface area contributed by atoms with E-state index >= 15 is 0 Å². The van der Waals surface area contributed by atoms with Crippen molar-refractivity contribution < 1.29 is 4.79 Å². The van der Waals surface area contributed by atoms with E-state index in [1.54, 1.807) is 0 Å². The Hall–Kier alpha value is -1.92. The van der Waals surface area contributed by atoms with Crippen LogP contribution in [0.2, 0.25) is 0 Å². The molecule has 1 aromatic carbocycles. The van der Waals surface area contributed by atoms with Crippen LogP contribution in [0.5, 0.6) is 0 Å². The molecule has 2 aliphatic rings. The van der Waals surface area contributed by atoms with E-state index in [1.807, 2.05) is 23.1 Å². The lowest BCUT2D eigenvalue weighted by atomic mass is 10.1. The van der Waals surface area contributed by atoms with Crippen LogP contribution in [-0.2, 0) is 24.3 Å². The number of nitrogens with zero attached hydrogens (tertiary/aromatic N) is 4. The minimum Gasteiger partial charge on any atom is -0.338 e. The van der Waals surface area contributed by atoms with Gasteiger partial charge in [0.15, 0.2) is 0 Å². The largest absolute Gasteiger partial charge is 0.338 e. The minimum atomic E-state index is 0. The fourth-order valence-electron chi connectivity index (χ4n) is 3.50. The van der Waals surface area contributed by atoms with Gasteiger partial charge < -0.3 is 14.8 Å². The molecule has 2 aliphatic heterocycles. The summed E-state index contributed by atoms with van der Waals surface area (Å²) in [6.45, 7) is 4.19. The Bertz CT molecular complexity index is 702. The Morgan fingerprint density at radius 2 is 2.00 bits per heavy atom. The first-order chi connectivity index (χ1) is 11.3. The number of carbonyl (C=O) groups excluding carboxylic acids is 1. The van der Waals surface area contributed by atoms with Crippen LogP contribution in [0.3, 0.4) is 0 Å². The summed E-state index contributed by atoms with van der Waals surface area (Å²) in [7, 11) is 0. The van der Waals surface area contributed by atoms with Gasteiger partial charge in [-0.1, -0.05) is 30.3 Å². The lowest BCUT2D eigenvalue weighted by Gasteiger charge is -2.17. The summed E-state index contributed by atoms with van der Waals surface area (Å²) < 4.78 is 2.21. The van der Waals surface area contributed by atoms with Gasteiger partial charge in [-0.2, -0.15) is 0 Å². The maximum atomic E-state index is 12.4. The molecule has 1 N–H and O–H groups in total. The number of nitrogens with one attached hydrogen (secondary N) is 1. The van der Waals surface area contributed by atoms with Crippen molar-refractivity contribution in [3.8, 4) is 0 Å². The summed E-state index contributed by atoms with van der Waals surface area (Å²) >= 11 is 0. The van der Waals surface area contributed by atoms with E-state index in [4.69, 9.17) is 0 Å². The van der Waals surface area contributed by atoms with Crippen molar-refractivity contribution in [1.29, 1.82) is 0 Å². The Morgan fingerprint density at radius 1 is 1.17 bits per heavy atom. The molecule has 0 saturated carbocycles. The summed E-state index contributed by atoms with van der Waals surface area (Å²) in [6, 6.07) is 10.2. The second kappa shape index (κ2) is 7.32. The second-order valence-corrected chi connectivity index (χ2v) is 6.29. The monoisotopic (exact) mass is 347 g/mol. The number of hydrogen-bond donors (Lipinski definition) is 1. The lowest BCUT2D eigenvalue weighted by Crippen LogP contribution is -2.24. The third-order valence-electron chi connectivity index (χ3n) is 4.69. The molecule has 1 fully saturated rings. The SMILES string of the molecule is Cl.O=C1CC(c2nnc3n2CCNCC3)CN1Cc1ccccc1. The van der Waals surface area contributed by atoms with Crippen LogP contribution in [0.25, 0.3) is 0 Å². The first-order valence-electron chi connectivity index (χ1n) is 8.25. The van der Waals surface area contributed by atoms with Crippen LogP contribution in [0, 0.1) is 0 Å². The number of carbonyl (C=O) groups is 1. The highest BCUT2D eigenvalue weighted by Gasteiger charge is 2.34. The molecule has 2 aromatic rings. The highest BCUT2D eigenvalue weighted by atomic mass is 35.5. The molecule has 24 heavy (non-hydrogen) atoms. The molecular formula is C17H22ClN5O. The van der Waals surface area contributed by atoms with Gasteiger partial charge in [0.05, 0.1) is 0 Å². The van der Waals surface area contributed by atoms with Crippen molar-refractivity contribution in [2.24, 2.45) is 0 Å². The smallest absolute Gasteiger partial charge is 0.223 e. The van der Waals surface area contributed by atoms with Crippen molar-refractivity contribution >= 4 is 18.3 Å². The summed E-state index contributed by atoms with van der Waals surface area (Å²) in [5, 5.41) is 12.1. The molecule has 7 heteroatoms. The Morgan fingerprint density at radius 3 is 2.83 bits per heavy atom. The molecule has 0 spiro atoms. The fraction of sp³-hybridized carbons (Fsp3) is 0.471. The maximum Gasteiger partial charge on any atom is 0.223 e. The second-order valence-electron chi connectivity index (χ2n) is 6.29. The van der Waals surface area contributed by atoms with Crippen molar-refractivity contribution in [3.05, 3.63) is 47.5 Å². The van der Waals surface area contributed by atoms with Crippen molar-refractivity contribution in [2.45, 2.75) is 31.8 Å². The number of amides is 1. The molecular weight excluding hydrogens is 326 g/mol. The van der Waals surface area contributed by atoms with E-state index in [2.05, 4.69) is 32.2 Å². The topological polar surface area (TPSA) is 63.1 Å². The first-order valence-corrected chi connectivity index (χ1v) is 8.25. The van der Waals surface area contributed by atoms with E-state index in [9.17, 15) is 4.79 Å². The standard InChI is InChI=1S/C17H21N5O.ClH/c23-16-10-14(12-21(16)11-13-4-2-1-3-5-13)17-20-19-15-6-7-18-8-9-22(15)17;/h1-5,14,18H,6-12H2;1H. The molecule has 1 atom stereocenters. The van der Waals surface area contributed by atoms with Crippen molar-refractivity contribution in [2.75, 3.05) is 19.6 Å². The van der Waals surface area contributed by atoms with Gasteiger partial charge in [0.1, 0.15) is 11.6 Å². The number of halogens is 1. The number of benzene rings is 1. The third kappa shape index (κ3) is 3.30. The predicted molar refractivity (Wildman–Crippen MR) is 93.1 cm³/mol. The normalized spacial score (nSPS) is 20.4. The fourth-order valence-corrected chi connectivity index (χ4v) is 3.50. The predicted octanol–water partition coefficient (Wildman–Crippen LogP) is 1.36. The molecule has 1 saturated heterocycles. The van der Waals surface area contributed by atoms with Gasteiger partial charge in [0.2, 0.25) is 5.91 Å². The molecule has 0 aliphatic carbocycles. The van der Waals surface area contributed by atoms with Crippen LogP contribution < -0.4 is 5.32 Å². The highest BCUT2D eigenvalue weighted by Crippen LogP contribution is 2.28. The minimum absolute atomic E-state index is 0. The highest BCUT2D eigenvalue weighted by molar-refractivity contribution is 5.85. The first kappa shape index (κ1) is 16.9. The van der Waals surface area contributed by atoms with Crippen LogP contribution in [0.15, 0.2) is 30.3 Å². The van der Waals surface area contributed by atoms with E-state index in [0.29, 0.717) is 13.0 Å². The third-order valence-corrected chi connectivity index (χ3v) is 4.69. The van der Waals surface area contributed by atoms with E-state index in [1.165, 1.54) is 5.56 Å². The summed E-state index contributed by atoms with van der Waals surface area (Å²) in [5.41, 5.74) is 1.17. The van der Waals surface area contributed by atoms with Gasteiger partial charge >= 0.3 is 0 Å². The van der Waals surface area contributed by atoms with Crippen LogP contribution in [-0.4, -0.2) is 45.2 Å². The molecule has 1 unspecified atom stereocenters. The average Bonchev–Trinajstić information content (AvgIpc) is 3.04. The molecule has 128 valence electrons. The zero-order valence-corrected chi connectivity index (χ0v) is 14.3. The van der Waals surface area contributed by atoms with Crippen LogP contribution in [0.4, 0.5) is 0 Å². The Balaban J connectivity index is 0.00000169. The summed E-state index contributed by atoms with van der Waals surface area (Å²) in [4.78, 5) is 14.3. The zero-order chi connectivity index (χ0) is 15.6.